The molecule has 0 bridgehead atoms. The summed E-state index contributed by atoms with van der Waals surface area (Å²) in [5.41, 5.74) is 6.71. The van der Waals surface area contributed by atoms with Crippen LogP contribution < -0.4 is 0 Å². The van der Waals surface area contributed by atoms with Crippen LogP contribution in [0.25, 0.3) is 0 Å². The summed E-state index contributed by atoms with van der Waals surface area (Å²) in [5, 5.41) is 20.2. The largest absolute Gasteiger partial charge is 0.389 e. The fourth-order valence-corrected chi connectivity index (χ4v) is 6.95. The molecule has 0 saturated heterocycles. The molecule has 0 spiro atoms. The van der Waals surface area contributed by atoms with Gasteiger partial charge in [-0.3, -0.25) is 0 Å². The van der Waals surface area contributed by atoms with Gasteiger partial charge in [0.25, 0.3) is 0 Å². The van der Waals surface area contributed by atoms with E-state index in [-0.39, 0.29) is 28.5 Å². The van der Waals surface area contributed by atoms with E-state index in [4.69, 9.17) is 0 Å². The SMILES string of the molecule is CC1(C)CCC2=C1C(O)CCC2.CCC1(C)C2=C(CCCC2O)C(C)(C)C1C. The standard InChI is InChI=1S/C15H26O.C11H18O/c1-6-15(5)10(2)14(3,4)11-8-7-9-12(16)13(11)15;1-11(2)7-6-8-4-3-5-9(12)10(8)11/h10,12,16H,6-9H2,1-5H3;9,12H,3-7H2,1-2H3. The normalized spacial score (nSPS) is 38.7. The van der Waals surface area contributed by atoms with Gasteiger partial charge in [0.2, 0.25) is 0 Å². The molecule has 4 rings (SSSR count). The minimum atomic E-state index is -0.169. The van der Waals surface area contributed by atoms with Crippen molar-refractivity contribution in [2.24, 2.45) is 22.2 Å². The third-order valence-corrected chi connectivity index (χ3v) is 9.18. The Labute approximate surface area is 173 Å². The molecule has 0 aliphatic heterocycles. The Morgan fingerprint density at radius 3 is 2.00 bits per heavy atom. The van der Waals surface area contributed by atoms with Crippen molar-refractivity contribution in [1.29, 1.82) is 0 Å². The molecule has 4 atom stereocenters. The van der Waals surface area contributed by atoms with Gasteiger partial charge < -0.3 is 10.2 Å². The zero-order valence-electron chi connectivity index (χ0n) is 19.5. The van der Waals surface area contributed by atoms with Crippen molar-refractivity contribution >= 4 is 0 Å². The maximum absolute atomic E-state index is 10.3. The van der Waals surface area contributed by atoms with Gasteiger partial charge in [-0.1, -0.05) is 59.6 Å². The lowest BCUT2D eigenvalue weighted by Gasteiger charge is -2.38. The number of hydrogen-bond acceptors (Lipinski definition) is 2. The number of aliphatic hydroxyl groups excluding tert-OH is 2. The molecule has 2 nitrogen and oxygen atoms in total. The predicted molar refractivity (Wildman–Crippen MR) is 118 cm³/mol. The highest BCUT2D eigenvalue weighted by Gasteiger charge is 2.53. The van der Waals surface area contributed by atoms with E-state index in [1.54, 1.807) is 11.1 Å². The molecule has 0 fully saturated rings. The predicted octanol–water partition coefficient (Wildman–Crippen LogP) is 6.57. The molecule has 0 saturated carbocycles. The van der Waals surface area contributed by atoms with Crippen LogP contribution >= 0.6 is 0 Å². The van der Waals surface area contributed by atoms with Crippen LogP contribution in [-0.2, 0) is 0 Å². The number of aliphatic hydroxyl groups is 2. The molecule has 4 unspecified atom stereocenters. The lowest BCUT2D eigenvalue weighted by Crippen LogP contribution is -2.32. The van der Waals surface area contributed by atoms with E-state index in [0.717, 1.165) is 25.7 Å². The molecule has 160 valence electrons. The molecule has 4 aliphatic carbocycles. The van der Waals surface area contributed by atoms with Crippen LogP contribution in [0.5, 0.6) is 0 Å². The Hall–Kier alpha value is -0.600. The molecule has 0 aromatic rings. The Kier molecular flexibility index (Phi) is 5.98. The van der Waals surface area contributed by atoms with E-state index in [1.165, 1.54) is 43.3 Å². The van der Waals surface area contributed by atoms with Gasteiger partial charge in [-0.2, -0.15) is 0 Å². The Balaban J connectivity index is 0.000000167. The average Bonchev–Trinajstić information content (AvgIpc) is 3.03. The second-order valence-corrected chi connectivity index (χ2v) is 11.3. The molecule has 0 heterocycles. The van der Waals surface area contributed by atoms with E-state index in [0.29, 0.717) is 5.92 Å². The highest BCUT2D eigenvalue weighted by atomic mass is 16.3. The molecule has 0 aromatic heterocycles. The van der Waals surface area contributed by atoms with Crippen molar-refractivity contribution in [3.63, 3.8) is 0 Å². The summed E-state index contributed by atoms with van der Waals surface area (Å²) in [6, 6.07) is 0. The van der Waals surface area contributed by atoms with Crippen LogP contribution in [0.3, 0.4) is 0 Å². The third-order valence-electron chi connectivity index (χ3n) is 9.18. The number of allylic oxidation sites excluding steroid dienone is 2. The summed E-state index contributed by atoms with van der Waals surface area (Å²) in [7, 11) is 0. The van der Waals surface area contributed by atoms with Crippen molar-refractivity contribution in [3.8, 4) is 0 Å². The van der Waals surface area contributed by atoms with Crippen molar-refractivity contribution in [2.75, 3.05) is 0 Å². The summed E-state index contributed by atoms with van der Waals surface area (Å²) in [6.45, 7) is 16.3. The Bertz CT molecular complexity index is 666. The smallest absolute Gasteiger partial charge is 0.0758 e. The lowest BCUT2D eigenvalue weighted by atomic mass is 9.67. The minimum absolute atomic E-state index is 0.119. The van der Waals surface area contributed by atoms with E-state index >= 15 is 0 Å². The second kappa shape index (κ2) is 7.58. The topological polar surface area (TPSA) is 40.5 Å². The van der Waals surface area contributed by atoms with E-state index in [9.17, 15) is 10.2 Å². The van der Waals surface area contributed by atoms with Crippen molar-refractivity contribution < 1.29 is 10.2 Å². The Morgan fingerprint density at radius 1 is 0.857 bits per heavy atom. The van der Waals surface area contributed by atoms with Crippen molar-refractivity contribution in [2.45, 2.75) is 118 Å². The van der Waals surface area contributed by atoms with E-state index < -0.39 is 0 Å². The molecule has 28 heavy (non-hydrogen) atoms. The summed E-state index contributed by atoms with van der Waals surface area (Å²) in [5.74, 6) is 0.641. The summed E-state index contributed by atoms with van der Waals surface area (Å²) >= 11 is 0. The van der Waals surface area contributed by atoms with Gasteiger partial charge in [0.1, 0.15) is 0 Å². The van der Waals surface area contributed by atoms with Crippen molar-refractivity contribution in [3.05, 3.63) is 22.3 Å². The number of hydrogen-bond donors (Lipinski definition) is 2. The zero-order chi connectivity index (χ0) is 20.9. The van der Waals surface area contributed by atoms with E-state index in [2.05, 4.69) is 48.5 Å². The van der Waals surface area contributed by atoms with Gasteiger partial charge in [0.05, 0.1) is 12.2 Å². The van der Waals surface area contributed by atoms with Gasteiger partial charge >= 0.3 is 0 Å². The molecule has 2 N–H and O–H groups in total. The molecule has 4 aliphatic rings. The lowest BCUT2D eigenvalue weighted by molar-refractivity contribution is 0.125. The first kappa shape index (κ1) is 22.1. The van der Waals surface area contributed by atoms with Crippen LogP contribution in [0.15, 0.2) is 22.3 Å². The summed E-state index contributed by atoms with van der Waals surface area (Å²) in [6.07, 6.45) is 10.1. The van der Waals surface area contributed by atoms with Crippen LogP contribution in [0.4, 0.5) is 0 Å². The van der Waals surface area contributed by atoms with Gasteiger partial charge in [-0.15, -0.1) is 0 Å². The summed E-state index contributed by atoms with van der Waals surface area (Å²) in [4.78, 5) is 0. The van der Waals surface area contributed by atoms with Crippen LogP contribution in [0.1, 0.15) is 106 Å². The van der Waals surface area contributed by atoms with Gasteiger partial charge in [0.15, 0.2) is 0 Å². The molecular weight excluding hydrogens is 344 g/mol. The first-order valence-corrected chi connectivity index (χ1v) is 11.8. The van der Waals surface area contributed by atoms with Crippen LogP contribution in [0.2, 0.25) is 0 Å². The second-order valence-electron chi connectivity index (χ2n) is 11.3. The highest BCUT2D eigenvalue weighted by molar-refractivity contribution is 5.39. The highest BCUT2D eigenvalue weighted by Crippen LogP contribution is 2.62. The first-order valence-electron chi connectivity index (χ1n) is 11.8. The third kappa shape index (κ3) is 3.43. The van der Waals surface area contributed by atoms with Crippen molar-refractivity contribution in [1.82, 2.24) is 0 Å². The average molecular weight is 389 g/mol. The van der Waals surface area contributed by atoms with E-state index in [1.807, 2.05) is 0 Å². The maximum Gasteiger partial charge on any atom is 0.0758 e. The maximum atomic E-state index is 10.3. The van der Waals surface area contributed by atoms with Gasteiger partial charge in [0, 0.05) is 0 Å². The first-order chi connectivity index (χ1) is 13.0. The molecule has 0 amide bonds. The monoisotopic (exact) mass is 388 g/mol. The molecule has 0 radical (unpaired) electrons. The zero-order valence-corrected chi connectivity index (χ0v) is 19.5. The van der Waals surface area contributed by atoms with Gasteiger partial charge in [-0.05, 0) is 91.1 Å². The van der Waals surface area contributed by atoms with Gasteiger partial charge in [-0.25, -0.2) is 0 Å². The van der Waals surface area contributed by atoms with Crippen LogP contribution in [0, 0.1) is 22.2 Å². The van der Waals surface area contributed by atoms with Crippen LogP contribution in [-0.4, -0.2) is 22.4 Å². The minimum Gasteiger partial charge on any atom is -0.389 e. The molecular formula is C26H44O2. The number of rotatable bonds is 1. The quantitative estimate of drug-likeness (QED) is 0.499. The molecule has 0 aromatic carbocycles. The Morgan fingerprint density at radius 2 is 1.43 bits per heavy atom. The molecule has 2 heteroatoms. The summed E-state index contributed by atoms with van der Waals surface area (Å²) < 4.78 is 0. The fourth-order valence-electron chi connectivity index (χ4n) is 6.95. The fraction of sp³-hybridized carbons (Fsp3) is 0.846.